The molecule has 7 nitrogen and oxygen atoms in total. The monoisotopic (exact) mass is 468 g/mol. The van der Waals surface area contributed by atoms with Crippen LogP contribution in [0.25, 0.3) is 10.9 Å². The minimum atomic E-state index is -0.588. The largest absolute Gasteiger partial charge is 0.383 e. The second kappa shape index (κ2) is 9.72. The number of benzene rings is 2. The first kappa shape index (κ1) is 22.8. The molecule has 2 amide bonds. The Balaban J connectivity index is 1.64. The van der Waals surface area contributed by atoms with Crippen LogP contribution in [0.4, 0.5) is 0 Å². The molecule has 178 valence electrons. The van der Waals surface area contributed by atoms with Gasteiger partial charge in [-0.1, -0.05) is 42.5 Å². The summed E-state index contributed by atoms with van der Waals surface area (Å²) in [5.74, 6) is -0.824. The van der Waals surface area contributed by atoms with Crippen molar-refractivity contribution in [3.8, 4) is 0 Å². The normalized spacial score (nSPS) is 17.4. The smallest absolute Gasteiger partial charge is 0.254 e. The number of carbonyl (C=O) groups is 2. The number of methoxy groups -OCH3 is 1. The molecule has 5 rings (SSSR count). The van der Waals surface area contributed by atoms with E-state index in [2.05, 4.69) is 10.3 Å². The third kappa shape index (κ3) is 4.19. The van der Waals surface area contributed by atoms with E-state index in [9.17, 15) is 9.59 Å². The van der Waals surface area contributed by atoms with Gasteiger partial charge in [-0.05, 0) is 29.8 Å². The Kier molecular flexibility index (Phi) is 6.33. The number of amides is 2. The van der Waals surface area contributed by atoms with Crippen LogP contribution < -0.4 is 5.32 Å². The van der Waals surface area contributed by atoms with Crippen molar-refractivity contribution in [3.05, 3.63) is 102 Å². The van der Waals surface area contributed by atoms with Gasteiger partial charge in [0.05, 0.1) is 30.8 Å². The third-order valence-corrected chi connectivity index (χ3v) is 6.67. The maximum atomic E-state index is 13.9. The van der Waals surface area contributed by atoms with E-state index < -0.39 is 12.0 Å². The Hall–Kier alpha value is -3.97. The van der Waals surface area contributed by atoms with Gasteiger partial charge in [0.25, 0.3) is 5.91 Å². The molecular formula is C28H28N4O3. The molecule has 0 aliphatic carbocycles. The van der Waals surface area contributed by atoms with Crippen molar-refractivity contribution in [1.82, 2.24) is 19.8 Å². The van der Waals surface area contributed by atoms with Gasteiger partial charge in [-0.25, -0.2) is 0 Å². The Morgan fingerprint density at radius 1 is 1.03 bits per heavy atom. The second-order valence-corrected chi connectivity index (χ2v) is 8.75. The molecule has 2 atom stereocenters. The van der Waals surface area contributed by atoms with Gasteiger partial charge >= 0.3 is 0 Å². The molecule has 0 spiro atoms. The zero-order valence-electron chi connectivity index (χ0n) is 19.8. The lowest BCUT2D eigenvalue weighted by molar-refractivity contribution is -0.124. The number of para-hydroxylation sites is 1. The standard InChI is InChI=1S/C28H28N4O3/c1-31-18-23(20-10-5-6-13-24(20)31)26-25(27(33)30-17-19-9-7-8-14-29-19)21-11-3-4-12-22(21)28(34)32(26)15-16-35-2/h3-14,18,25-26H,15-17H2,1-2H3,(H,30,33). The lowest BCUT2D eigenvalue weighted by Gasteiger charge is -2.41. The number of ether oxygens (including phenoxy) is 1. The van der Waals surface area contributed by atoms with Gasteiger partial charge in [0.15, 0.2) is 0 Å². The van der Waals surface area contributed by atoms with Crippen LogP contribution in [0.3, 0.4) is 0 Å². The van der Waals surface area contributed by atoms with Crippen LogP contribution in [0.2, 0.25) is 0 Å². The van der Waals surface area contributed by atoms with E-state index in [-0.39, 0.29) is 11.8 Å². The number of hydrogen-bond donors (Lipinski definition) is 1. The number of nitrogens with zero attached hydrogens (tertiary/aromatic N) is 3. The van der Waals surface area contributed by atoms with Crippen molar-refractivity contribution in [2.24, 2.45) is 7.05 Å². The Morgan fingerprint density at radius 3 is 2.60 bits per heavy atom. The molecule has 2 aromatic carbocycles. The second-order valence-electron chi connectivity index (χ2n) is 8.75. The van der Waals surface area contributed by atoms with Gasteiger partial charge in [0, 0.05) is 55.1 Å². The summed E-state index contributed by atoms with van der Waals surface area (Å²) < 4.78 is 7.40. The van der Waals surface area contributed by atoms with Crippen molar-refractivity contribution in [2.75, 3.05) is 20.3 Å². The summed E-state index contributed by atoms with van der Waals surface area (Å²) in [4.78, 5) is 33.7. The minimum Gasteiger partial charge on any atom is -0.383 e. The first-order chi connectivity index (χ1) is 17.1. The number of aromatic nitrogens is 2. The molecule has 0 fully saturated rings. The van der Waals surface area contributed by atoms with Crippen LogP contribution in [0.1, 0.15) is 39.1 Å². The van der Waals surface area contributed by atoms with Gasteiger partial charge in [0.1, 0.15) is 0 Å². The van der Waals surface area contributed by atoms with Crippen molar-refractivity contribution in [1.29, 1.82) is 0 Å². The lowest BCUT2D eigenvalue weighted by atomic mass is 9.79. The Labute approximate surface area is 204 Å². The van der Waals surface area contributed by atoms with Gasteiger partial charge in [-0.15, -0.1) is 0 Å². The van der Waals surface area contributed by atoms with Gasteiger partial charge in [-0.2, -0.15) is 0 Å². The maximum absolute atomic E-state index is 13.9. The van der Waals surface area contributed by atoms with Crippen LogP contribution >= 0.6 is 0 Å². The van der Waals surface area contributed by atoms with E-state index in [1.165, 1.54) is 0 Å². The SMILES string of the molecule is COCCN1C(=O)c2ccccc2C(C(=O)NCc2ccccn2)C1c1cn(C)c2ccccc12. The molecule has 0 saturated heterocycles. The molecule has 2 aromatic heterocycles. The molecule has 0 saturated carbocycles. The fourth-order valence-electron chi connectivity index (χ4n) is 5.06. The molecule has 2 unspecified atom stereocenters. The van der Waals surface area contributed by atoms with Crippen LogP contribution in [0, 0.1) is 0 Å². The van der Waals surface area contributed by atoms with E-state index in [1.54, 1.807) is 24.3 Å². The molecule has 0 radical (unpaired) electrons. The fourth-order valence-corrected chi connectivity index (χ4v) is 5.06. The predicted molar refractivity (Wildman–Crippen MR) is 134 cm³/mol. The minimum absolute atomic E-state index is 0.0932. The van der Waals surface area contributed by atoms with Gasteiger partial charge < -0.3 is 19.5 Å². The van der Waals surface area contributed by atoms with Crippen molar-refractivity contribution < 1.29 is 14.3 Å². The average molecular weight is 469 g/mol. The maximum Gasteiger partial charge on any atom is 0.254 e. The lowest BCUT2D eigenvalue weighted by Crippen LogP contribution is -2.48. The average Bonchev–Trinajstić information content (AvgIpc) is 3.23. The van der Waals surface area contributed by atoms with Crippen LogP contribution in [0.5, 0.6) is 0 Å². The number of carbonyl (C=O) groups excluding carboxylic acids is 2. The van der Waals surface area contributed by atoms with Crippen LogP contribution in [0.15, 0.2) is 79.1 Å². The number of rotatable bonds is 7. The molecule has 4 aromatic rings. The van der Waals surface area contributed by atoms with E-state index in [0.29, 0.717) is 25.3 Å². The highest BCUT2D eigenvalue weighted by Crippen LogP contribution is 2.45. The van der Waals surface area contributed by atoms with E-state index in [4.69, 9.17) is 4.74 Å². The van der Waals surface area contributed by atoms with E-state index in [1.807, 2.05) is 78.5 Å². The van der Waals surface area contributed by atoms with E-state index in [0.717, 1.165) is 27.7 Å². The van der Waals surface area contributed by atoms with Crippen molar-refractivity contribution >= 4 is 22.7 Å². The summed E-state index contributed by atoms with van der Waals surface area (Å²) in [5, 5.41) is 4.10. The Bertz CT molecular complexity index is 1370. The van der Waals surface area contributed by atoms with Crippen molar-refractivity contribution in [2.45, 2.75) is 18.5 Å². The van der Waals surface area contributed by atoms with Crippen LogP contribution in [-0.2, 0) is 23.1 Å². The molecule has 0 bridgehead atoms. The summed E-state index contributed by atoms with van der Waals surface area (Å²) >= 11 is 0. The van der Waals surface area contributed by atoms with Crippen LogP contribution in [-0.4, -0.2) is 46.5 Å². The molecule has 1 aliphatic rings. The highest BCUT2D eigenvalue weighted by atomic mass is 16.5. The quantitative estimate of drug-likeness (QED) is 0.447. The number of aryl methyl sites for hydroxylation is 1. The summed E-state index contributed by atoms with van der Waals surface area (Å²) in [6, 6.07) is 20.6. The molecule has 7 heteroatoms. The first-order valence-corrected chi connectivity index (χ1v) is 11.7. The first-order valence-electron chi connectivity index (χ1n) is 11.7. The molecular weight excluding hydrogens is 440 g/mol. The molecule has 3 heterocycles. The summed E-state index contributed by atoms with van der Waals surface area (Å²) in [6.07, 6.45) is 3.75. The molecule has 1 aliphatic heterocycles. The number of nitrogens with one attached hydrogen (secondary N) is 1. The zero-order valence-corrected chi connectivity index (χ0v) is 19.8. The molecule has 35 heavy (non-hydrogen) atoms. The summed E-state index contributed by atoms with van der Waals surface area (Å²) in [7, 11) is 3.60. The molecule has 1 N–H and O–H groups in total. The fraction of sp³-hybridized carbons (Fsp3) is 0.250. The highest BCUT2D eigenvalue weighted by Gasteiger charge is 2.44. The Morgan fingerprint density at radius 2 is 1.80 bits per heavy atom. The number of pyridine rings is 1. The van der Waals surface area contributed by atoms with Gasteiger partial charge in [0.2, 0.25) is 5.91 Å². The summed E-state index contributed by atoms with van der Waals surface area (Å²) in [5.41, 5.74) is 4.06. The van der Waals surface area contributed by atoms with Crippen molar-refractivity contribution in [3.63, 3.8) is 0 Å². The summed E-state index contributed by atoms with van der Waals surface area (Å²) in [6.45, 7) is 1.06. The third-order valence-electron chi connectivity index (χ3n) is 6.67. The van der Waals surface area contributed by atoms with E-state index >= 15 is 0 Å². The van der Waals surface area contributed by atoms with Gasteiger partial charge in [-0.3, -0.25) is 14.6 Å². The number of hydrogen-bond acceptors (Lipinski definition) is 4. The zero-order chi connectivity index (χ0) is 24.4. The topological polar surface area (TPSA) is 76.5 Å². The number of fused-ring (bicyclic) bond motifs is 2. The highest BCUT2D eigenvalue weighted by molar-refractivity contribution is 6.02. The predicted octanol–water partition coefficient (Wildman–Crippen LogP) is 3.82.